The van der Waals surface area contributed by atoms with Crippen LogP contribution in [-0.2, 0) is 0 Å². The molecule has 0 saturated carbocycles. The van der Waals surface area contributed by atoms with Crippen molar-refractivity contribution in [2.75, 3.05) is 5.73 Å². The highest BCUT2D eigenvalue weighted by Crippen LogP contribution is 2.28. The van der Waals surface area contributed by atoms with Crippen molar-refractivity contribution in [3.8, 4) is 17.9 Å². The zero-order valence-corrected chi connectivity index (χ0v) is 8.65. The molecule has 14 heavy (non-hydrogen) atoms. The Morgan fingerprint density at radius 1 is 1.29 bits per heavy atom. The lowest BCUT2D eigenvalue weighted by molar-refractivity contribution is 1.39. The lowest BCUT2D eigenvalue weighted by Gasteiger charge is -2.00. The van der Waals surface area contributed by atoms with Gasteiger partial charge >= 0.3 is 0 Å². The van der Waals surface area contributed by atoms with Crippen molar-refractivity contribution in [2.45, 2.75) is 6.42 Å². The van der Waals surface area contributed by atoms with Crippen LogP contribution in [0.3, 0.4) is 0 Å². The van der Waals surface area contributed by atoms with E-state index in [0.29, 0.717) is 21.3 Å². The van der Waals surface area contributed by atoms with Crippen LogP contribution < -0.4 is 5.73 Å². The number of nitrogens with zero attached hydrogens (tertiary/aromatic N) is 1. The summed E-state index contributed by atoms with van der Waals surface area (Å²) in [5, 5.41) is 9.02. The average Bonchev–Trinajstić information content (AvgIpc) is 2.14. The third-order valence-corrected chi connectivity index (χ3v) is 2.10. The van der Waals surface area contributed by atoms with Crippen molar-refractivity contribution in [1.82, 2.24) is 0 Å². The van der Waals surface area contributed by atoms with Crippen molar-refractivity contribution in [1.29, 1.82) is 5.26 Å². The number of rotatable bonds is 0. The minimum atomic E-state index is 0.180. The molecule has 2 N–H and O–H groups in total. The molecule has 0 aliphatic heterocycles. The Bertz CT molecular complexity index is 426. The highest BCUT2D eigenvalue weighted by atomic mass is 35.5. The van der Waals surface area contributed by atoms with Crippen molar-refractivity contribution >= 4 is 28.9 Å². The molecule has 0 spiro atoms. The first-order valence-electron chi connectivity index (χ1n) is 3.75. The second-order valence-corrected chi connectivity index (χ2v) is 3.30. The summed E-state index contributed by atoms with van der Waals surface area (Å²) in [6.45, 7) is 0. The monoisotopic (exact) mass is 224 g/mol. The summed E-state index contributed by atoms with van der Waals surface area (Å²) in [4.78, 5) is 0. The first-order chi connectivity index (χ1) is 6.65. The van der Waals surface area contributed by atoms with E-state index in [1.165, 1.54) is 0 Å². The zero-order chi connectivity index (χ0) is 10.6. The maximum atomic E-state index is 8.27. The van der Waals surface area contributed by atoms with Gasteiger partial charge in [-0.3, -0.25) is 0 Å². The number of nitriles is 1. The number of hydrogen-bond donors (Lipinski definition) is 1. The second-order valence-electron chi connectivity index (χ2n) is 2.49. The van der Waals surface area contributed by atoms with Gasteiger partial charge in [0, 0.05) is 5.56 Å². The predicted molar refractivity (Wildman–Crippen MR) is 58.0 cm³/mol. The summed E-state index contributed by atoms with van der Waals surface area (Å²) >= 11 is 11.6. The van der Waals surface area contributed by atoms with E-state index in [-0.39, 0.29) is 6.42 Å². The molecule has 2 nitrogen and oxygen atoms in total. The van der Waals surface area contributed by atoms with Crippen LogP contribution >= 0.6 is 23.2 Å². The van der Waals surface area contributed by atoms with Gasteiger partial charge in [-0.05, 0) is 12.1 Å². The van der Waals surface area contributed by atoms with Crippen LogP contribution in [0.1, 0.15) is 12.0 Å². The lowest BCUT2D eigenvalue weighted by atomic mass is 10.2. The molecule has 1 aromatic rings. The van der Waals surface area contributed by atoms with Gasteiger partial charge in [-0.2, -0.15) is 5.26 Å². The molecule has 0 fully saturated rings. The predicted octanol–water partition coefficient (Wildman–Crippen LogP) is 2.84. The highest BCUT2D eigenvalue weighted by molar-refractivity contribution is 6.39. The summed E-state index contributed by atoms with van der Waals surface area (Å²) in [6.07, 6.45) is 0.180. The number of anilines is 1. The Morgan fingerprint density at radius 3 is 2.36 bits per heavy atom. The molecule has 0 radical (unpaired) electrons. The molecule has 0 unspecified atom stereocenters. The van der Waals surface area contributed by atoms with Gasteiger partial charge < -0.3 is 5.73 Å². The van der Waals surface area contributed by atoms with E-state index in [2.05, 4.69) is 11.8 Å². The molecule has 4 heteroatoms. The normalized spacial score (nSPS) is 8.64. The Morgan fingerprint density at radius 2 is 1.86 bits per heavy atom. The van der Waals surface area contributed by atoms with Gasteiger partial charge in [-0.15, -0.1) is 0 Å². The summed E-state index contributed by atoms with van der Waals surface area (Å²) in [5.74, 6) is 5.41. The maximum Gasteiger partial charge on any atom is 0.0966 e. The van der Waals surface area contributed by atoms with Gasteiger partial charge in [0.1, 0.15) is 0 Å². The molecule has 0 aromatic heterocycles. The van der Waals surface area contributed by atoms with Gasteiger partial charge in [0.15, 0.2) is 0 Å². The van der Waals surface area contributed by atoms with Crippen LogP contribution in [-0.4, -0.2) is 0 Å². The average molecular weight is 225 g/mol. The molecule has 1 aromatic carbocycles. The van der Waals surface area contributed by atoms with E-state index in [4.69, 9.17) is 34.2 Å². The summed E-state index contributed by atoms with van der Waals surface area (Å²) < 4.78 is 0. The summed E-state index contributed by atoms with van der Waals surface area (Å²) in [6, 6.07) is 5.15. The zero-order valence-electron chi connectivity index (χ0n) is 7.14. The second kappa shape index (κ2) is 4.77. The fraction of sp³-hybridized carbons (Fsp3) is 0.100. The largest absolute Gasteiger partial charge is 0.396 e. The van der Waals surface area contributed by atoms with Crippen molar-refractivity contribution < 1.29 is 0 Å². The SMILES string of the molecule is N#CCC#Cc1cc(Cl)c(N)c(Cl)c1. The number of benzene rings is 1. The molecular formula is C10H6Cl2N2. The summed E-state index contributed by atoms with van der Waals surface area (Å²) in [5.41, 5.74) is 6.54. The topological polar surface area (TPSA) is 49.8 Å². The number of nitrogens with two attached hydrogens (primary N) is 1. The quantitative estimate of drug-likeness (QED) is 0.545. The van der Waals surface area contributed by atoms with E-state index < -0.39 is 0 Å². The molecule has 0 aliphatic rings. The molecular weight excluding hydrogens is 219 g/mol. The van der Waals surface area contributed by atoms with Crippen LogP contribution in [0.4, 0.5) is 5.69 Å². The first kappa shape index (κ1) is 10.7. The number of halogens is 2. The third kappa shape index (κ3) is 2.57. The molecule has 0 atom stereocenters. The molecule has 70 valence electrons. The smallest absolute Gasteiger partial charge is 0.0966 e. The van der Waals surface area contributed by atoms with E-state index >= 15 is 0 Å². The Hall–Kier alpha value is -1.35. The van der Waals surface area contributed by atoms with E-state index in [9.17, 15) is 0 Å². The Kier molecular flexibility index (Phi) is 3.65. The molecule has 0 amide bonds. The van der Waals surface area contributed by atoms with E-state index in [1.807, 2.05) is 6.07 Å². The first-order valence-corrected chi connectivity index (χ1v) is 4.51. The van der Waals surface area contributed by atoms with Gasteiger partial charge in [0.05, 0.1) is 28.2 Å². The van der Waals surface area contributed by atoms with E-state index in [1.54, 1.807) is 12.1 Å². The van der Waals surface area contributed by atoms with Crippen molar-refractivity contribution in [2.24, 2.45) is 0 Å². The molecule has 0 saturated heterocycles. The van der Waals surface area contributed by atoms with Crippen LogP contribution in [0.2, 0.25) is 10.0 Å². The Labute approximate surface area is 92.2 Å². The highest BCUT2D eigenvalue weighted by Gasteiger charge is 2.02. The van der Waals surface area contributed by atoms with Crippen molar-refractivity contribution in [3.05, 3.63) is 27.7 Å². The molecule has 0 heterocycles. The van der Waals surface area contributed by atoms with Crippen LogP contribution in [0.5, 0.6) is 0 Å². The number of nitrogen functional groups attached to an aromatic ring is 1. The van der Waals surface area contributed by atoms with Gasteiger partial charge in [-0.25, -0.2) is 0 Å². The Balaban J connectivity index is 3.04. The van der Waals surface area contributed by atoms with Crippen LogP contribution in [0, 0.1) is 23.2 Å². The van der Waals surface area contributed by atoms with Gasteiger partial charge in [-0.1, -0.05) is 35.0 Å². The third-order valence-electron chi connectivity index (χ3n) is 1.48. The van der Waals surface area contributed by atoms with E-state index in [0.717, 1.165) is 0 Å². The van der Waals surface area contributed by atoms with Gasteiger partial charge in [0.25, 0.3) is 0 Å². The van der Waals surface area contributed by atoms with Crippen LogP contribution in [0.15, 0.2) is 12.1 Å². The standard InChI is InChI=1S/C10H6Cl2N2/c11-8-5-7(3-1-2-4-13)6-9(12)10(8)14/h5-6H,2,14H2. The van der Waals surface area contributed by atoms with Crippen molar-refractivity contribution in [3.63, 3.8) is 0 Å². The fourth-order valence-electron chi connectivity index (χ4n) is 0.842. The minimum Gasteiger partial charge on any atom is -0.396 e. The maximum absolute atomic E-state index is 8.27. The van der Waals surface area contributed by atoms with Crippen LogP contribution in [0.25, 0.3) is 0 Å². The minimum absolute atomic E-state index is 0.180. The fourth-order valence-corrected chi connectivity index (χ4v) is 1.33. The van der Waals surface area contributed by atoms with Gasteiger partial charge in [0.2, 0.25) is 0 Å². The molecule has 0 aliphatic carbocycles. The molecule has 1 rings (SSSR count). The summed E-state index contributed by atoms with van der Waals surface area (Å²) in [7, 11) is 0. The number of hydrogen-bond acceptors (Lipinski definition) is 2. The lowest BCUT2D eigenvalue weighted by Crippen LogP contribution is -1.88. The molecule has 0 bridgehead atoms.